The topological polar surface area (TPSA) is 66.9 Å². The molecule has 0 saturated carbocycles. The molecule has 2 N–H and O–H groups in total. The number of hydrogen-bond acceptors (Lipinski definition) is 4. The summed E-state index contributed by atoms with van der Waals surface area (Å²) in [4.78, 5) is 20.7. The molecule has 0 spiro atoms. The van der Waals surface area contributed by atoms with E-state index in [4.69, 9.17) is 0 Å². The van der Waals surface area contributed by atoms with Crippen molar-refractivity contribution in [3.63, 3.8) is 0 Å². The maximum absolute atomic E-state index is 12.2. The number of nitrogens with one attached hydrogen (secondary N) is 2. The largest absolute Gasteiger partial charge is 0.348 e. The van der Waals surface area contributed by atoms with Crippen LogP contribution in [-0.4, -0.2) is 21.9 Å². The molecule has 1 aromatic carbocycles. The number of hydrogen-bond donors (Lipinski definition) is 2. The molecule has 1 unspecified atom stereocenters. The Morgan fingerprint density at radius 1 is 1.18 bits per heavy atom. The van der Waals surface area contributed by atoms with E-state index in [2.05, 4.69) is 20.6 Å². The highest BCUT2D eigenvalue weighted by Gasteiger charge is 2.12. The lowest BCUT2D eigenvalue weighted by Crippen LogP contribution is -2.32. The molecule has 22 heavy (non-hydrogen) atoms. The molecule has 1 atom stereocenters. The van der Waals surface area contributed by atoms with E-state index in [1.54, 1.807) is 13.0 Å². The Labute approximate surface area is 131 Å². The van der Waals surface area contributed by atoms with Crippen LogP contribution in [-0.2, 0) is 0 Å². The highest BCUT2D eigenvalue weighted by atomic mass is 16.1. The van der Waals surface area contributed by atoms with Crippen molar-refractivity contribution in [3.8, 4) is 0 Å². The van der Waals surface area contributed by atoms with Crippen LogP contribution in [0, 0.1) is 13.8 Å². The Kier molecular flexibility index (Phi) is 5.09. The third-order valence-electron chi connectivity index (χ3n) is 3.38. The average molecular weight is 298 g/mol. The molecule has 0 fully saturated rings. The van der Waals surface area contributed by atoms with Gasteiger partial charge >= 0.3 is 0 Å². The van der Waals surface area contributed by atoms with E-state index >= 15 is 0 Å². The van der Waals surface area contributed by atoms with E-state index in [-0.39, 0.29) is 11.9 Å². The van der Waals surface area contributed by atoms with Crippen LogP contribution in [0.5, 0.6) is 0 Å². The Bertz CT molecular complexity index is 652. The van der Waals surface area contributed by atoms with Crippen LogP contribution in [0.1, 0.15) is 42.1 Å². The summed E-state index contributed by atoms with van der Waals surface area (Å²) in [6.45, 7) is 7.81. The van der Waals surface area contributed by atoms with Crippen molar-refractivity contribution in [2.75, 3.05) is 5.32 Å². The Hall–Kier alpha value is -2.43. The van der Waals surface area contributed by atoms with Gasteiger partial charge in [0, 0.05) is 17.8 Å². The van der Waals surface area contributed by atoms with E-state index in [1.807, 2.05) is 45.0 Å². The number of benzene rings is 1. The van der Waals surface area contributed by atoms with Crippen LogP contribution >= 0.6 is 0 Å². The lowest BCUT2D eigenvalue weighted by Gasteiger charge is -2.12. The SMILES string of the molecule is CCC(C)NC(=O)c1cc(Nc2ccc(C)cc2)nc(C)n1. The van der Waals surface area contributed by atoms with Crippen LogP contribution in [0.25, 0.3) is 0 Å². The van der Waals surface area contributed by atoms with Gasteiger partial charge in [0.1, 0.15) is 17.3 Å². The number of nitrogens with zero attached hydrogens (tertiary/aromatic N) is 2. The first kappa shape index (κ1) is 15.9. The molecule has 2 rings (SSSR count). The van der Waals surface area contributed by atoms with E-state index in [0.29, 0.717) is 17.3 Å². The van der Waals surface area contributed by atoms with E-state index in [0.717, 1.165) is 12.1 Å². The summed E-state index contributed by atoms with van der Waals surface area (Å²) >= 11 is 0. The van der Waals surface area contributed by atoms with Gasteiger partial charge in [0.05, 0.1) is 0 Å². The molecule has 1 heterocycles. The van der Waals surface area contributed by atoms with Gasteiger partial charge in [-0.3, -0.25) is 4.79 Å². The van der Waals surface area contributed by atoms with Gasteiger partial charge in [0.2, 0.25) is 0 Å². The Morgan fingerprint density at radius 3 is 2.50 bits per heavy atom. The number of amides is 1. The minimum atomic E-state index is -0.174. The molecule has 0 aliphatic heterocycles. The summed E-state index contributed by atoms with van der Waals surface area (Å²) in [6.07, 6.45) is 0.879. The fourth-order valence-electron chi connectivity index (χ4n) is 1.93. The second-order valence-electron chi connectivity index (χ2n) is 5.46. The number of carbonyl (C=O) groups excluding carboxylic acids is 1. The van der Waals surface area contributed by atoms with Crippen molar-refractivity contribution in [3.05, 3.63) is 47.4 Å². The van der Waals surface area contributed by atoms with Crippen LogP contribution in [0.15, 0.2) is 30.3 Å². The number of carbonyl (C=O) groups is 1. The van der Waals surface area contributed by atoms with Gasteiger partial charge in [0.25, 0.3) is 5.91 Å². The zero-order valence-corrected chi connectivity index (χ0v) is 13.5. The molecule has 0 aliphatic rings. The van der Waals surface area contributed by atoms with E-state index < -0.39 is 0 Å². The number of aromatic nitrogens is 2. The van der Waals surface area contributed by atoms with Crippen molar-refractivity contribution in [2.24, 2.45) is 0 Å². The molecule has 116 valence electrons. The first-order valence-corrected chi connectivity index (χ1v) is 7.48. The standard InChI is InChI=1S/C17H22N4O/c1-5-12(3)18-17(22)15-10-16(20-13(4)19-15)21-14-8-6-11(2)7-9-14/h6-10,12H,5H2,1-4H3,(H,18,22)(H,19,20,21). The van der Waals surface area contributed by atoms with Crippen molar-refractivity contribution >= 4 is 17.4 Å². The van der Waals surface area contributed by atoms with Gasteiger partial charge in [-0.25, -0.2) is 9.97 Å². The zero-order chi connectivity index (χ0) is 16.1. The predicted octanol–water partition coefficient (Wildman–Crippen LogP) is 3.37. The van der Waals surface area contributed by atoms with Crippen molar-refractivity contribution < 1.29 is 4.79 Å². The van der Waals surface area contributed by atoms with Crippen LogP contribution in [0.3, 0.4) is 0 Å². The van der Waals surface area contributed by atoms with Crippen molar-refractivity contribution in [2.45, 2.75) is 40.2 Å². The molecular weight excluding hydrogens is 276 g/mol. The highest BCUT2D eigenvalue weighted by molar-refractivity contribution is 5.93. The van der Waals surface area contributed by atoms with E-state index in [9.17, 15) is 4.79 Å². The smallest absolute Gasteiger partial charge is 0.270 e. The number of aryl methyl sites for hydroxylation is 2. The summed E-state index contributed by atoms with van der Waals surface area (Å²) in [7, 11) is 0. The van der Waals surface area contributed by atoms with Crippen molar-refractivity contribution in [1.82, 2.24) is 15.3 Å². The third-order valence-corrected chi connectivity index (χ3v) is 3.38. The normalized spacial score (nSPS) is 11.8. The fourth-order valence-corrected chi connectivity index (χ4v) is 1.93. The molecule has 0 aliphatic carbocycles. The van der Waals surface area contributed by atoms with Crippen LogP contribution < -0.4 is 10.6 Å². The first-order chi connectivity index (χ1) is 10.5. The highest BCUT2D eigenvalue weighted by Crippen LogP contribution is 2.16. The Balaban J connectivity index is 2.19. The fraction of sp³-hybridized carbons (Fsp3) is 0.353. The zero-order valence-electron chi connectivity index (χ0n) is 13.5. The molecule has 1 amide bonds. The molecule has 1 aromatic heterocycles. The van der Waals surface area contributed by atoms with Gasteiger partial charge in [-0.15, -0.1) is 0 Å². The summed E-state index contributed by atoms with van der Waals surface area (Å²) in [5.74, 6) is 1.00. The molecule has 5 heteroatoms. The summed E-state index contributed by atoms with van der Waals surface area (Å²) in [6, 6.07) is 9.79. The van der Waals surface area contributed by atoms with Gasteiger partial charge in [-0.05, 0) is 39.3 Å². The minimum absolute atomic E-state index is 0.122. The first-order valence-electron chi connectivity index (χ1n) is 7.48. The molecule has 0 saturated heterocycles. The summed E-state index contributed by atoms with van der Waals surface area (Å²) in [5, 5.41) is 6.12. The Morgan fingerprint density at radius 2 is 1.86 bits per heavy atom. The quantitative estimate of drug-likeness (QED) is 0.888. The molecule has 0 bridgehead atoms. The van der Waals surface area contributed by atoms with Gasteiger partial charge in [-0.1, -0.05) is 24.6 Å². The average Bonchev–Trinajstić information content (AvgIpc) is 2.49. The van der Waals surface area contributed by atoms with Crippen molar-refractivity contribution in [1.29, 1.82) is 0 Å². The summed E-state index contributed by atoms with van der Waals surface area (Å²) < 4.78 is 0. The van der Waals surface area contributed by atoms with Gasteiger partial charge < -0.3 is 10.6 Å². The van der Waals surface area contributed by atoms with Crippen LogP contribution in [0.4, 0.5) is 11.5 Å². The predicted molar refractivity (Wildman–Crippen MR) is 88.4 cm³/mol. The van der Waals surface area contributed by atoms with Crippen LogP contribution in [0.2, 0.25) is 0 Å². The molecule has 5 nitrogen and oxygen atoms in total. The minimum Gasteiger partial charge on any atom is -0.348 e. The number of rotatable bonds is 5. The lowest BCUT2D eigenvalue weighted by molar-refractivity contribution is 0.0934. The molecule has 0 radical (unpaired) electrons. The molecule has 2 aromatic rings. The number of anilines is 2. The van der Waals surface area contributed by atoms with Gasteiger partial charge in [0.15, 0.2) is 0 Å². The maximum atomic E-state index is 12.2. The summed E-state index contributed by atoms with van der Waals surface area (Å²) in [5.41, 5.74) is 2.50. The second kappa shape index (κ2) is 7.02. The third kappa shape index (κ3) is 4.28. The maximum Gasteiger partial charge on any atom is 0.270 e. The van der Waals surface area contributed by atoms with E-state index in [1.165, 1.54) is 5.56 Å². The lowest BCUT2D eigenvalue weighted by atomic mass is 10.2. The monoisotopic (exact) mass is 298 g/mol. The van der Waals surface area contributed by atoms with Gasteiger partial charge in [-0.2, -0.15) is 0 Å². The molecular formula is C17H22N4O. The second-order valence-corrected chi connectivity index (χ2v) is 5.46.